The van der Waals surface area contributed by atoms with Crippen LogP contribution in [0, 0.1) is 0 Å². The van der Waals surface area contributed by atoms with E-state index in [1.807, 2.05) is 30.3 Å². The first-order valence-corrected chi connectivity index (χ1v) is 8.00. The monoisotopic (exact) mass is 320 g/mol. The molecule has 2 fully saturated rings. The lowest BCUT2D eigenvalue weighted by Gasteiger charge is -2.37. The summed E-state index contributed by atoms with van der Waals surface area (Å²) in [5.41, 5.74) is 1.01. The number of methoxy groups -OCH3 is 1. The van der Waals surface area contributed by atoms with Gasteiger partial charge in [0.1, 0.15) is 24.5 Å². The molecule has 2 amide bonds. The van der Waals surface area contributed by atoms with Gasteiger partial charge in [-0.25, -0.2) is 0 Å². The van der Waals surface area contributed by atoms with Crippen LogP contribution < -0.4 is 0 Å². The molecular formula is C15H16N2O4S. The average Bonchev–Trinajstić information content (AvgIpc) is 2.98. The Kier molecular flexibility index (Phi) is 4.06. The molecule has 2 aliphatic heterocycles. The molecule has 0 saturated carbocycles. The van der Waals surface area contributed by atoms with Gasteiger partial charge in [-0.05, 0) is 5.56 Å². The summed E-state index contributed by atoms with van der Waals surface area (Å²) >= 11 is 1.58. The first-order chi connectivity index (χ1) is 10.6. The second-order valence-electron chi connectivity index (χ2n) is 5.18. The number of carbonyl (C=O) groups is 3. The molecule has 1 aromatic rings. The minimum absolute atomic E-state index is 0.0751. The van der Waals surface area contributed by atoms with Gasteiger partial charge in [0.15, 0.2) is 0 Å². The van der Waals surface area contributed by atoms with E-state index in [9.17, 15) is 14.4 Å². The van der Waals surface area contributed by atoms with Crippen LogP contribution in [-0.4, -0.2) is 59.6 Å². The standard InChI is InChI=1S/C15H16N2O4S/c1-21-13(19)8-16-7-12(18)17-11(14(16)20)9-22-15(17)10-5-3-2-4-6-10/h2-6,11,15H,7-9H2,1H3/t11-,15+/m0/s1. The summed E-state index contributed by atoms with van der Waals surface area (Å²) in [5, 5.41) is -0.136. The summed E-state index contributed by atoms with van der Waals surface area (Å²) in [6.07, 6.45) is 0. The zero-order chi connectivity index (χ0) is 15.7. The number of amides is 2. The first-order valence-electron chi connectivity index (χ1n) is 6.95. The Bertz CT molecular complexity index is 607. The highest BCUT2D eigenvalue weighted by Gasteiger charge is 2.48. The highest BCUT2D eigenvalue weighted by molar-refractivity contribution is 7.99. The third-order valence-electron chi connectivity index (χ3n) is 3.84. The lowest BCUT2D eigenvalue weighted by Crippen LogP contribution is -2.59. The molecule has 0 N–H and O–H groups in total. The average molecular weight is 320 g/mol. The van der Waals surface area contributed by atoms with Crippen molar-refractivity contribution in [3.05, 3.63) is 35.9 Å². The van der Waals surface area contributed by atoms with Crippen molar-refractivity contribution >= 4 is 29.5 Å². The van der Waals surface area contributed by atoms with Gasteiger partial charge in [-0.1, -0.05) is 30.3 Å². The van der Waals surface area contributed by atoms with E-state index in [4.69, 9.17) is 0 Å². The minimum Gasteiger partial charge on any atom is -0.468 e. The zero-order valence-electron chi connectivity index (χ0n) is 12.1. The van der Waals surface area contributed by atoms with Crippen molar-refractivity contribution in [2.45, 2.75) is 11.4 Å². The van der Waals surface area contributed by atoms with E-state index in [2.05, 4.69) is 4.74 Å². The Morgan fingerprint density at radius 1 is 1.32 bits per heavy atom. The second kappa shape index (κ2) is 6.00. The van der Waals surface area contributed by atoms with Crippen molar-refractivity contribution in [3.8, 4) is 0 Å². The molecule has 2 atom stereocenters. The van der Waals surface area contributed by atoms with Crippen LogP contribution in [0.15, 0.2) is 30.3 Å². The Morgan fingerprint density at radius 3 is 2.73 bits per heavy atom. The number of carbonyl (C=O) groups excluding carboxylic acids is 3. The third kappa shape index (κ3) is 2.56. The molecule has 2 saturated heterocycles. The molecule has 3 rings (SSSR count). The summed E-state index contributed by atoms with van der Waals surface area (Å²) < 4.78 is 4.58. The molecule has 0 spiro atoms. The normalized spacial score (nSPS) is 24.4. The van der Waals surface area contributed by atoms with Gasteiger partial charge in [0.2, 0.25) is 11.8 Å². The summed E-state index contributed by atoms with van der Waals surface area (Å²) in [7, 11) is 1.27. The third-order valence-corrected chi connectivity index (χ3v) is 5.17. The number of rotatable bonds is 3. The zero-order valence-corrected chi connectivity index (χ0v) is 12.9. The highest BCUT2D eigenvalue weighted by atomic mass is 32.2. The topological polar surface area (TPSA) is 66.9 Å². The van der Waals surface area contributed by atoms with Gasteiger partial charge in [0.25, 0.3) is 0 Å². The summed E-state index contributed by atoms with van der Waals surface area (Å²) in [6, 6.07) is 9.17. The second-order valence-corrected chi connectivity index (χ2v) is 6.30. The highest BCUT2D eigenvalue weighted by Crippen LogP contribution is 2.43. The number of benzene rings is 1. The van der Waals surface area contributed by atoms with Crippen molar-refractivity contribution in [2.24, 2.45) is 0 Å². The van der Waals surface area contributed by atoms with Crippen LogP contribution in [0.1, 0.15) is 10.9 Å². The van der Waals surface area contributed by atoms with E-state index in [1.54, 1.807) is 16.7 Å². The minimum atomic E-state index is -0.514. The number of nitrogens with zero attached hydrogens (tertiary/aromatic N) is 2. The number of hydrogen-bond donors (Lipinski definition) is 0. The number of ether oxygens (including phenoxy) is 1. The predicted molar refractivity (Wildman–Crippen MR) is 80.9 cm³/mol. The van der Waals surface area contributed by atoms with Gasteiger partial charge in [0.05, 0.1) is 7.11 Å². The lowest BCUT2D eigenvalue weighted by molar-refractivity contribution is -0.159. The van der Waals surface area contributed by atoms with Crippen LogP contribution in [0.2, 0.25) is 0 Å². The van der Waals surface area contributed by atoms with Gasteiger partial charge >= 0.3 is 5.97 Å². The fourth-order valence-electron chi connectivity index (χ4n) is 2.76. The van der Waals surface area contributed by atoms with Gasteiger partial charge in [-0.3, -0.25) is 14.4 Å². The van der Waals surface area contributed by atoms with Gasteiger partial charge in [-0.15, -0.1) is 11.8 Å². The van der Waals surface area contributed by atoms with Crippen molar-refractivity contribution in [1.29, 1.82) is 0 Å². The SMILES string of the molecule is COC(=O)CN1CC(=O)N2[C@@H](c3ccccc3)SC[C@H]2C1=O. The maximum atomic E-state index is 12.5. The Balaban J connectivity index is 1.80. The maximum Gasteiger partial charge on any atom is 0.325 e. The van der Waals surface area contributed by atoms with Crippen molar-refractivity contribution in [1.82, 2.24) is 9.80 Å². The molecule has 116 valence electrons. The predicted octanol–water partition coefficient (Wildman–Crippen LogP) is 0.644. The molecule has 1 aromatic carbocycles. The van der Waals surface area contributed by atoms with Gasteiger partial charge in [0, 0.05) is 5.75 Å². The van der Waals surface area contributed by atoms with Crippen molar-refractivity contribution in [2.75, 3.05) is 26.0 Å². The Labute approximate surface area is 132 Å². The molecule has 2 heterocycles. The van der Waals surface area contributed by atoms with Crippen LogP contribution in [0.5, 0.6) is 0 Å². The number of piperazine rings is 1. The van der Waals surface area contributed by atoms with Gasteiger partial charge in [-0.2, -0.15) is 0 Å². The molecule has 0 aromatic heterocycles. The fraction of sp³-hybridized carbons (Fsp3) is 0.400. The Morgan fingerprint density at radius 2 is 2.05 bits per heavy atom. The molecule has 2 aliphatic rings. The number of thioether (sulfide) groups is 1. The van der Waals surface area contributed by atoms with Crippen LogP contribution >= 0.6 is 11.8 Å². The van der Waals surface area contributed by atoms with E-state index < -0.39 is 12.0 Å². The quantitative estimate of drug-likeness (QED) is 0.765. The van der Waals surface area contributed by atoms with E-state index >= 15 is 0 Å². The molecule has 0 unspecified atom stereocenters. The molecular weight excluding hydrogens is 304 g/mol. The first kappa shape index (κ1) is 14.9. The van der Waals surface area contributed by atoms with Crippen molar-refractivity contribution < 1.29 is 19.1 Å². The summed E-state index contributed by atoms with van der Waals surface area (Å²) in [6.45, 7) is -0.250. The Hall–Kier alpha value is -2.02. The van der Waals surface area contributed by atoms with E-state index in [-0.39, 0.29) is 30.3 Å². The molecule has 0 radical (unpaired) electrons. The van der Waals surface area contributed by atoms with Crippen LogP contribution in [0.25, 0.3) is 0 Å². The fourth-order valence-corrected chi connectivity index (χ4v) is 4.21. The number of fused-ring (bicyclic) bond motifs is 1. The van der Waals surface area contributed by atoms with E-state index in [0.717, 1.165) is 5.56 Å². The largest absolute Gasteiger partial charge is 0.468 e. The summed E-state index contributed by atoms with van der Waals surface area (Å²) in [5.74, 6) is -0.287. The smallest absolute Gasteiger partial charge is 0.325 e. The summed E-state index contributed by atoms with van der Waals surface area (Å²) in [4.78, 5) is 39.2. The van der Waals surface area contributed by atoms with Crippen LogP contribution in [-0.2, 0) is 19.1 Å². The van der Waals surface area contributed by atoms with Crippen LogP contribution in [0.3, 0.4) is 0 Å². The number of esters is 1. The van der Waals surface area contributed by atoms with Crippen LogP contribution in [0.4, 0.5) is 0 Å². The molecule has 7 heteroatoms. The molecule has 0 aliphatic carbocycles. The molecule has 6 nitrogen and oxygen atoms in total. The maximum absolute atomic E-state index is 12.5. The van der Waals surface area contributed by atoms with E-state index in [0.29, 0.717) is 5.75 Å². The van der Waals surface area contributed by atoms with Gasteiger partial charge < -0.3 is 14.5 Å². The van der Waals surface area contributed by atoms with E-state index in [1.165, 1.54) is 12.0 Å². The number of hydrogen-bond acceptors (Lipinski definition) is 5. The molecule has 0 bridgehead atoms. The lowest BCUT2D eigenvalue weighted by atomic mass is 10.1. The van der Waals surface area contributed by atoms with Crippen molar-refractivity contribution in [3.63, 3.8) is 0 Å². The molecule has 22 heavy (non-hydrogen) atoms.